The second-order valence-corrected chi connectivity index (χ2v) is 6.02. The van der Waals surface area contributed by atoms with Gasteiger partial charge in [0.25, 0.3) is 0 Å². The van der Waals surface area contributed by atoms with E-state index in [1.54, 1.807) is 25.1 Å². The number of anilines is 1. The zero-order chi connectivity index (χ0) is 19.1. The van der Waals surface area contributed by atoms with Gasteiger partial charge in [0, 0.05) is 22.3 Å². The van der Waals surface area contributed by atoms with Gasteiger partial charge in [0.1, 0.15) is 0 Å². The standard InChI is InChI=1S/C20H18ClN3O3/c1-2-26-19(25)12-5-14-3-10-17(11-4-14)22-13-18-23-20(24-27-18)15-6-8-16(21)9-7-15/h3-12,22H,2,13H2,1H3/b12-5+. The highest BCUT2D eigenvalue weighted by Crippen LogP contribution is 2.19. The number of hydrogen-bond donors (Lipinski definition) is 1. The lowest BCUT2D eigenvalue weighted by atomic mass is 10.2. The van der Waals surface area contributed by atoms with Gasteiger partial charge in [0.2, 0.25) is 11.7 Å². The van der Waals surface area contributed by atoms with Crippen molar-refractivity contribution in [2.45, 2.75) is 13.5 Å². The van der Waals surface area contributed by atoms with Crippen molar-refractivity contribution in [2.75, 3.05) is 11.9 Å². The Balaban J connectivity index is 1.56. The quantitative estimate of drug-likeness (QED) is 0.475. The van der Waals surface area contributed by atoms with Crippen LogP contribution in [0.1, 0.15) is 18.4 Å². The lowest BCUT2D eigenvalue weighted by molar-refractivity contribution is -0.137. The molecule has 0 atom stereocenters. The molecule has 3 aromatic rings. The molecule has 1 aromatic heterocycles. The summed E-state index contributed by atoms with van der Waals surface area (Å²) < 4.78 is 10.1. The van der Waals surface area contributed by atoms with E-state index in [0.29, 0.717) is 29.9 Å². The number of carbonyl (C=O) groups excluding carboxylic acids is 1. The minimum absolute atomic E-state index is 0.354. The average Bonchev–Trinajstić information content (AvgIpc) is 3.15. The van der Waals surface area contributed by atoms with Crippen LogP contribution in [-0.2, 0) is 16.1 Å². The first-order chi connectivity index (χ1) is 13.1. The molecule has 0 aliphatic rings. The zero-order valence-electron chi connectivity index (χ0n) is 14.7. The third kappa shape index (κ3) is 5.43. The van der Waals surface area contributed by atoms with Crippen molar-refractivity contribution >= 4 is 29.3 Å². The summed E-state index contributed by atoms with van der Waals surface area (Å²) in [4.78, 5) is 15.7. The van der Waals surface area contributed by atoms with Crippen LogP contribution in [0.2, 0.25) is 5.02 Å². The Hall–Kier alpha value is -3.12. The van der Waals surface area contributed by atoms with Crippen molar-refractivity contribution in [3.8, 4) is 11.4 Å². The topological polar surface area (TPSA) is 77.2 Å². The molecule has 0 aliphatic heterocycles. The Morgan fingerprint density at radius 1 is 1.19 bits per heavy atom. The molecule has 0 spiro atoms. The van der Waals surface area contributed by atoms with Crippen LogP contribution in [0.5, 0.6) is 0 Å². The van der Waals surface area contributed by atoms with Gasteiger partial charge < -0.3 is 14.6 Å². The molecule has 0 aliphatic carbocycles. The molecule has 0 bridgehead atoms. The first kappa shape index (κ1) is 18.7. The van der Waals surface area contributed by atoms with Crippen LogP contribution >= 0.6 is 11.6 Å². The lowest BCUT2D eigenvalue weighted by Crippen LogP contribution is -2.00. The molecular weight excluding hydrogens is 366 g/mol. The van der Waals surface area contributed by atoms with E-state index in [4.69, 9.17) is 20.9 Å². The lowest BCUT2D eigenvalue weighted by Gasteiger charge is -2.03. The first-order valence-electron chi connectivity index (χ1n) is 8.41. The zero-order valence-corrected chi connectivity index (χ0v) is 15.4. The van der Waals surface area contributed by atoms with E-state index in [2.05, 4.69) is 15.5 Å². The van der Waals surface area contributed by atoms with Gasteiger partial charge in [-0.05, 0) is 55.0 Å². The van der Waals surface area contributed by atoms with E-state index < -0.39 is 0 Å². The molecule has 7 heteroatoms. The molecule has 0 fully saturated rings. The summed E-state index contributed by atoms with van der Waals surface area (Å²) in [5, 5.41) is 7.85. The van der Waals surface area contributed by atoms with E-state index >= 15 is 0 Å². The van der Waals surface area contributed by atoms with Crippen molar-refractivity contribution in [3.05, 3.63) is 71.1 Å². The van der Waals surface area contributed by atoms with E-state index in [1.165, 1.54) is 6.08 Å². The van der Waals surface area contributed by atoms with E-state index in [0.717, 1.165) is 16.8 Å². The van der Waals surface area contributed by atoms with Crippen molar-refractivity contribution in [2.24, 2.45) is 0 Å². The third-order valence-electron chi connectivity index (χ3n) is 3.62. The van der Waals surface area contributed by atoms with Gasteiger partial charge in [0.15, 0.2) is 0 Å². The second kappa shape index (κ2) is 9.00. The number of nitrogens with one attached hydrogen (secondary N) is 1. The van der Waals surface area contributed by atoms with Crippen LogP contribution in [-0.4, -0.2) is 22.7 Å². The Kier molecular flexibility index (Phi) is 6.22. The van der Waals surface area contributed by atoms with Gasteiger partial charge in [0.05, 0.1) is 13.2 Å². The number of halogens is 1. The maximum atomic E-state index is 11.3. The second-order valence-electron chi connectivity index (χ2n) is 5.58. The largest absolute Gasteiger partial charge is 0.463 e. The molecule has 0 amide bonds. The first-order valence-corrected chi connectivity index (χ1v) is 8.79. The van der Waals surface area contributed by atoms with Gasteiger partial charge in [-0.15, -0.1) is 0 Å². The summed E-state index contributed by atoms with van der Waals surface area (Å²) in [7, 11) is 0. The fourth-order valence-corrected chi connectivity index (χ4v) is 2.41. The summed E-state index contributed by atoms with van der Waals surface area (Å²) in [5.74, 6) is 0.640. The molecule has 0 radical (unpaired) electrons. The van der Waals surface area contributed by atoms with Crippen LogP contribution in [0, 0.1) is 0 Å². The number of benzene rings is 2. The fraction of sp³-hybridized carbons (Fsp3) is 0.150. The number of nitrogens with zero attached hydrogens (tertiary/aromatic N) is 2. The molecule has 1 N–H and O–H groups in total. The van der Waals surface area contributed by atoms with Crippen LogP contribution in [0.3, 0.4) is 0 Å². The summed E-state index contributed by atoms with van der Waals surface area (Å²) >= 11 is 5.88. The minimum Gasteiger partial charge on any atom is -0.463 e. The predicted octanol–water partition coefficient (Wildman–Crippen LogP) is 4.58. The smallest absolute Gasteiger partial charge is 0.330 e. The Morgan fingerprint density at radius 3 is 2.63 bits per heavy atom. The van der Waals surface area contributed by atoms with Crippen molar-refractivity contribution < 1.29 is 14.1 Å². The average molecular weight is 384 g/mol. The van der Waals surface area contributed by atoms with Crippen molar-refractivity contribution in [1.29, 1.82) is 0 Å². The van der Waals surface area contributed by atoms with Gasteiger partial charge in [-0.2, -0.15) is 4.98 Å². The highest BCUT2D eigenvalue weighted by atomic mass is 35.5. The van der Waals surface area contributed by atoms with E-state index in [1.807, 2.05) is 36.4 Å². The summed E-state index contributed by atoms with van der Waals surface area (Å²) in [6.07, 6.45) is 3.11. The molecule has 1 heterocycles. The molecule has 27 heavy (non-hydrogen) atoms. The number of carbonyl (C=O) groups is 1. The SMILES string of the molecule is CCOC(=O)/C=C/c1ccc(NCc2nc(-c3ccc(Cl)cc3)no2)cc1. The molecule has 3 rings (SSSR count). The maximum Gasteiger partial charge on any atom is 0.330 e. The monoisotopic (exact) mass is 383 g/mol. The van der Waals surface area contributed by atoms with Crippen LogP contribution in [0.15, 0.2) is 59.1 Å². The Bertz CT molecular complexity index is 918. The van der Waals surface area contributed by atoms with Gasteiger partial charge >= 0.3 is 5.97 Å². The number of rotatable bonds is 7. The molecule has 6 nitrogen and oxygen atoms in total. The van der Waals surface area contributed by atoms with Crippen LogP contribution in [0.4, 0.5) is 5.69 Å². The molecule has 0 unspecified atom stereocenters. The molecule has 0 saturated heterocycles. The maximum absolute atomic E-state index is 11.3. The van der Waals surface area contributed by atoms with Crippen LogP contribution in [0.25, 0.3) is 17.5 Å². The van der Waals surface area contributed by atoms with E-state index in [-0.39, 0.29) is 5.97 Å². The van der Waals surface area contributed by atoms with Gasteiger partial charge in [-0.1, -0.05) is 28.9 Å². The van der Waals surface area contributed by atoms with Crippen LogP contribution < -0.4 is 5.32 Å². The highest BCUT2D eigenvalue weighted by Gasteiger charge is 2.08. The molecular formula is C20H18ClN3O3. The van der Waals surface area contributed by atoms with Crippen molar-refractivity contribution in [1.82, 2.24) is 10.1 Å². The third-order valence-corrected chi connectivity index (χ3v) is 3.88. The predicted molar refractivity (Wildman–Crippen MR) is 104 cm³/mol. The number of aromatic nitrogens is 2. The van der Waals surface area contributed by atoms with Crippen molar-refractivity contribution in [3.63, 3.8) is 0 Å². The van der Waals surface area contributed by atoms with Gasteiger partial charge in [-0.3, -0.25) is 0 Å². The highest BCUT2D eigenvalue weighted by molar-refractivity contribution is 6.30. The summed E-state index contributed by atoms with van der Waals surface area (Å²) in [5.41, 5.74) is 2.64. The number of ether oxygens (including phenoxy) is 1. The molecule has 138 valence electrons. The number of esters is 1. The van der Waals surface area contributed by atoms with E-state index in [9.17, 15) is 4.79 Å². The fourth-order valence-electron chi connectivity index (χ4n) is 2.29. The van der Waals surface area contributed by atoms with Gasteiger partial charge in [-0.25, -0.2) is 4.79 Å². The molecule has 2 aromatic carbocycles. The summed E-state index contributed by atoms with van der Waals surface area (Å²) in [6.45, 7) is 2.54. The summed E-state index contributed by atoms with van der Waals surface area (Å²) in [6, 6.07) is 14.8. The Morgan fingerprint density at radius 2 is 1.93 bits per heavy atom. The Labute approximate surface area is 161 Å². The minimum atomic E-state index is -0.354. The number of hydrogen-bond acceptors (Lipinski definition) is 6. The normalized spacial score (nSPS) is 10.9. The molecule has 0 saturated carbocycles.